The van der Waals surface area contributed by atoms with Crippen LogP contribution < -0.4 is 14.8 Å². The van der Waals surface area contributed by atoms with Gasteiger partial charge in [0.25, 0.3) is 0 Å². The van der Waals surface area contributed by atoms with Crippen LogP contribution in [0.25, 0.3) is 6.08 Å². The Kier molecular flexibility index (Phi) is 6.43. The van der Waals surface area contributed by atoms with E-state index in [-0.39, 0.29) is 11.9 Å². The molecule has 0 aromatic heterocycles. The molecule has 126 valence electrons. The molecule has 0 saturated heterocycles. The molecule has 4 nitrogen and oxygen atoms in total. The molecule has 0 radical (unpaired) electrons. The number of hydrogen-bond acceptors (Lipinski definition) is 3. The first-order chi connectivity index (χ1) is 11.6. The van der Waals surface area contributed by atoms with Gasteiger partial charge in [0.05, 0.1) is 13.2 Å². The molecule has 0 unspecified atom stereocenters. The molecule has 0 aliphatic heterocycles. The van der Waals surface area contributed by atoms with Gasteiger partial charge in [-0.25, -0.2) is 0 Å². The lowest BCUT2D eigenvalue weighted by molar-refractivity contribution is -0.117. The number of methoxy groups -OCH3 is 1. The summed E-state index contributed by atoms with van der Waals surface area (Å²) >= 11 is 0. The summed E-state index contributed by atoms with van der Waals surface area (Å²) < 4.78 is 11.0. The Morgan fingerprint density at radius 3 is 2.50 bits per heavy atom. The highest BCUT2D eigenvalue weighted by atomic mass is 16.5. The zero-order valence-corrected chi connectivity index (χ0v) is 14.3. The molecule has 0 saturated carbocycles. The molecule has 1 N–H and O–H groups in total. The maximum absolute atomic E-state index is 12.0. The lowest BCUT2D eigenvalue weighted by Gasteiger charge is -2.15. The molecule has 0 aliphatic carbocycles. The van der Waals surface area contributed by atoms with Crippen LogP contribution in [0.3, 0.4) is 0 Å². The Morgan fingerprint density at radius 1 is 1.12 bits per heavy atom. The molecule has 1 atom stereocenters. The SMILES string of the molecule is COc1ccccc1/C=C/C(=O)N[C@H](C)COc1ccccc1C. The van der Waals surface area contributed by atoms with E-state index in [9.17, 15) is 4.79 Å². The van der Waals surface area contributed by atoms with Crippen molar-refractivity contribution in [1.82, 2.24) is 5.32 Å². The van der Waals surface area contributed by atoms with E-state index in [0.717, 1.165) is 22.6 Å². The van der Waals surface area contributed by atoms with Crippen molar-refractivity contribution >= 4 is 12.0 Å². The fourth-order valence-electron chi connectivity index (χ4n) is 2.24. The number of aryl methyl sites for hydroxylation is 1. The highest BCUT2D eigenvalue weighted by Crippen LogP contribution is 2.18. The van der Waals surface area contributed by atoms with Gasteiger partial charge in [0, 0.05) is 11.6 Å². The van der Waals surface area contributed by atoms with Crippen molar-refractivity contribution in [1.29, 1.82) is 0 Å². The van der Waals surface area contributed by atoms with E-state index in [4.69, 9.17) is 9.47 Å². The lowest BCUT2D eigenvalue weighted by atomic mass is 10.2. The van der Waals surface area contributed by atoms with Crippen LogP contribution in [0.1, 0.15) is 18.1 Å². The largest absolute Gasteiger partial charge is 0.496 e. The first kappa shape index (κ1) is 17.6. The molecule has 0 spiro atoms. The summed E-state index contributed by atoms with van der Waals surface area (Å²) in [5.41, 5.74) is 1.94. The van der Waals surface area contributed by atoms with Crippen LogP contribution in [0.4, 0.5) is 0 Å². The monoisotopic (exact) mass is 325 g/mol. The van der Waals surface area contributed by atoms with Gasteiger partial charge >= 0.3 is 0 Å². The summed E-state index contributed by atoms with van der Waals surface area (Å²) in [5, 5.41) is 2.89. The zero-order valence-electron chi connectivity index (χ0n) is 14.3. The Bertz CT molecular complexity index is 710. The molecule has 2 aromatic carbocycles. The summed E-state index contributed by atoms with van der Waals surface area (Å²) in [7, 11) is 1.61. The molecule has 0 fully saturated rings. The Hall–Kier alpha value is -2.75. The number of hydrogen-bond donors (Lipinski definition) is 1. The number of para-hydroxylation sites is 2. The Labute approximate surface area is 143 Å². The van der Waals surface area contributed by atoms with E-state index in [1.165, 1.54) is 6.08 Å². The van der Waals surface area contributed by atoms with Gasteiger partial charge < -0.3 is 14.8 Å². The van der Waals surface area contributed by atoms with E-state index < -0.39 is 0 Å². The van der Waals surface area contributed by atoms with Crippen LogP contribution in [0, 0.1) is 6.92 Å². The van der Waals surface area contributed by atoms with Gasteiger partial charge in [-0.15, -0.1) is 0 Å². The summed E-state index contributed by atoms with van der Waals surface area (Å²) in [6.07, 6.45) is 3.24. The van der Waals surface area contributed by atoms with Gasteiger partial charge in [0.15, 0.2) is 0 Å². The predicted molar refractivity (Wildman–Crippen MR) is 96.3 cm³/mol. The van der Waals surface area contributed by atoms with E-state index >= 15 is 0 Å². The molecule has 24 heavy (non-hydrogen) atoms. The smallest absolute Gasteiger partial charge is 0.244 e. The minimum atomic E-state index is -0.165. The maximum atomic E-state index is 12.0. The number of carbonyl (C=O) groups excluding carboxylic acids is 1. The molecule has 4 heteroatoms. The second kappa shape index (κ2) is 8.77. The summed E-state index contributed by atoms with van der Waals surface area (Å²) in [6.45, 7) is 4.32. The van der Waals surface area contributed by atoms with Crippen LogP contribution in [0.15, 0.2) is 54.6 Å². The average Bonchev–Trinajstić information content (AvgIpc) is 2.59. The van der Waals surface area contributed by atoms with Crippen molar-refractivity contribution in [3.8, 4) is 11.5 Å². The third kappa shape index (κ3) is 5.16. The van der Waals surface area contributed by atoms with E-state index in [1.54, 1.807) is 13.2 Å². The second-order valence-electron chi connectivity index (χ2n) is 5.56. The normalized spacial score (nSPS) is 12.0. The molecule has 2 rings (SSSR count). The van der Waals surface area contributed by atoms with E-state index in [1.807, 2.05) is 62.4 Å². The fourth-order valence-corrected chi connectivity index (χ4v) is 2.24. The first-order valence-electron chi connectivity index (χ1n) is 7.90. The van der Waals surface area contributed by atoms with Crippen molar-refractivity contribution < 1.29 is 14.3 Å². The standard InChI is InChI=1S/C20H23NO3/c1-15-8-4-6-10-18(15)24-14-16(2)21-20(22)13-12-17-9-5-7-11-19(17)23-3/h4-13,16H,14H2,1-3H3,(H,21,22)/b13-12+/t16-/m1/s1. The molecular formula is C20H23NO3. The predicted octanol–water partition coefficient (Wildman–Crippen LogP) is 3.60. The second-order valence-corrected chi connectivity index (χ2v) is 5.56. The number of carbonyl (C=O) groups is 1. The van der Waals surface area contributed by atoms with Gasteiger partial charge in [-0.3, -0.25) is 4.79 Å². The van der Waals surface area contributed by atoms with Crippen molar-refractivity contribution in [2.24, 2.45) is 0 Å². The molecule has 0 aliphatic rings. The minimum absolute atomic E-state index is 0.0978. The van der Waals surface area contributed by atoms with Crippen molar-refractivity contribution in [3.63, 3.8) is 0 Å². The van der Waals surface area contributed by atoms with Crippen LogP contribution in [-0.2, 0) is 4.79 Å². The number of amides is 1. The van der Waals surface area contributed by atoms with Crippen LogP contribution in [0.5, 0.6) is 11.5 Å². The van der Waals surface area contributed by atoms with Crippen LogP contribution in [0.2, 0.25) is 0 Å². The number of nitrogens with one attached hydrogen (secondary N) is 1. The van der Waals surface area contributed by atoms with Crippen LogP contribution >= 0.6 is 0 Å². The van der Waals surface area contributed by atoms with Crippen molar-refractivity contribution in [3.05, 3.63) is 65.7 Å². The summed E-state index contributed by atoms with van der Waals surface area (Å²) in [6, 6.07) is 15.3. The van der Waals surface area contributed by atoms with E-state index in [2.05, 4.69) is 5.32 Å². The van der Waals surface area contributed by atoms with Gasteiger partial charge in [0.2, 0.25) is 5.91 Å². The topological polar surface area (TPSA) is 47.6 Å². The zero-order chi connectivity index (χ0) is 17.4. The Morgan fingerprint density at radius 2 is 1.79 bits per heavy atom. The summed E-state index contributed by atoms with van der Waals surface area (Å²) in [4.78, 5) is 12.0. The lowest BCUT2D eigenvalue weighted by Crippen LogP contribution is -2.35. The molecular weight excluding hydrogens is 302 g/mol. The van der Waals surface area contributed by atoms with E-state index in [0.29, 0.717) is 6.61 Å². The first-order valence-corrected chi connectivity index (χ1v) is 7.90. The van der Waals surface area contributed by atoms with Gasteiger partial charge in [-0.2, -0.15) is 0 Å². The molecule has 1 amide bonds. The fraction of sp³-hybridized carbons (Fsp3) is 0.250. The van der Waals surface area contributed by atoms with Crippen molar-refractivity contribution in [2.45, 2.75) is 19.9 Å². The van der Waals surface area contributed by atoms with Crippen molar-refractivity contribution in [2.75, 3.05) is 13.7 Å². The maximum Gasteiger partial charge on any atom is 0.244 e. The van der Waals surface area contributed by atoms with Gasteiger partial charge in [-0.05, 0) is 37.6 Å². The van der Waals surface area contributed by atoms with Crippen LogP contribution in [-0.4, -0.2) is 25.7 Å². The highest BCUT2D eigenvalue weighted by molar-refractivity contribution is 5.92. The molecule has 0 bridgehead atoms. The summed E-state index contributed by atoms with van der Waals surface area (Å²) in [5.74, 6) is 1.41. The minimum Gasteiger partial charge on any atom is -0.496 e. The molecule has 2 aromatic rings. The Balaban J connectivity index is 1.85. The molecule has 0 heterocycles. The third-order valence-corrected chi connectivity index (χ3v) is 3.52. The van der Waals surface area contributed by atoms with Gasteiger partial charge in [0.1, 0.15) is 18.1 Å². The van der Waals surface area contributed by atoms with Gasteiger partial charge in [-0.1, -0.05) is 36.4 Å². The number of benzene rings is 2. The third-order valence-electron chi connectivity index (χ3n) is 3.52. The average molecular weight is 325 g/mol. The number of ether oxygens (including phenoxy) is 2. The number of rotatable bonds is 7. The highest BCUT2D eigenvalue weighted by Gasteiger charge is 2.07. The quantitative estimate of drug-likeness (QED) is 0.791.